The van der Waals surface area contributed by atoms with E-state index in [1.807, 2.05) is 0 Å². The molecule has 0 aliphatic carbocycles. The normalized spacial score (nSPS) is 12.4. The number of thiophene rings is 1. The molecule has 0 aliphatic heterocycles. The average molecular weight is 520 g/mol. The maximum Gasteiger partial charge on any atom is 0.154 e. The molecular weight excluding hydrogens is 483 g/mol. The summed E-state index contributed by atoms with van der Waals surface area (Å²) < 4.78 is 11.3. The molecule has 2 nitrogen and oxygen atoms in total. The van der Waals surface area contributed by atoms with Gasteiger partial charge in [-0.1, -0.05) is 76.9 Å². The van der Waals surface area contributed by atoms with Gasteiger partial charge >= 0.3 is 0 Å². The van der Waals surface area contributed by atoms with Crippen LogP contribution in [0.2, 0.25) is 0 Å². The van der Waals surface area contributed by atoms with Crippen LogP contribution in [0.25, 0.3) is 0 Å². The molecule has 0 fully saturated rings. The molecule has 3 rings (SSSR count). The molecule has 0 saturated carbocycles. The Hall–Kier alpha value is -1.68. The Labute approximate surface area is 219 Å². The fourth-order valence-electron chi connectivity index (χ4n) is 4.71. The van der Waals surface area contributed by atoms with Gasteiger partial charge < -0.3 is 8.58 Å². The molecule has 184 valence electrons. The number of hydrogen-bond donors (Lipinski definition) is 0. The van der Waals surface area contributed by atoms with E-state index in [0.717, 1.165) is 33.4 Å². The van der Waals surface area contributed by atoms with Crippen LogP contribution in [0.1, 0.15) is 96.2 Å². The Morgan fingerprint density at radius 2 is 1.09 bits per heavy atom. The van der Waals surface area contributed by atoms with Crippen molar-refractivity contribution in [2.45, 2.75) is 86.0 Å². The number of rotatable bonds is 5. The van der Waals surface area contributed by atoms with Crippen molar-refractivity contribution in [2.75, 3.05) is 0 Å². The van der Waals surface area contributed by atoms with Crippen LogP contribution < -0.4 is 8.58 Å². The third-order valence-corrected chi connectivity index (χ3v) is 7.78. The molecule has 0 aliphatic rings. The Bertz CT molecular complexity index is 1120. The Morgan fingerprint density at radius 3 is 1.38 bits per heavy atom. The molecule has 1 heterocycles. The van der Waals surface area contributed by atoms with E-state index in [1.165, 1.54) is 15.3 Å². The van der Waals surface area contributed by atoms with Crippen molar-refractivity contribution in [3.05, 3.63) is 79.0 Å². The van der Waals surface area contributed by atoms with Gasteiger partial charge in [-0.3, -0.25) is 0 Å². The van der Waals surface area contributed by atoms with E-state index in [9.17, 15) is 0 Å². The largest absolute Gasteiger partial charge is 0.385 e. The molecular formula is C29H36Cl2O2S. The third kappa shape index (κ3) is 5.27. The summed E-state index contributed by atoms with van der Waals surface area (Å²) in [5.74, 6) is 1.26. The third-order valence-electron chi connectivity index (χ3n) is 6.26. The molecule has 1 aromatic heterocycles. The zero-order valence-corrected chi connectivity index (χ0v) is 24.3. The van der Waals surface area contributed by atoms with Gasteiger partial charge in [-0.15, -0.1) is 11.3 Å². The molecule has 0 amide bonds. The Morgan fingerprint density at radius 1 is 0.676 bits per heavy atom. The van der Waals surface area contributed by atoms with Crippen molar-refractivity contribution in [1.29, 1.82) is 0 Å². The minimum atomic E-state index is -0.150. The fourth-order valence-corrected chi connectivity index (χ4v) is 6.23. The van der Waals surface area contributed by atoms with Crippen molar-refractivity contribution < 1.29 is 8.58 Å². The van der Waals surface area contributed by atoms with Crippen LogP contribution in [0.3, 0.4) is 0 Å². The topological polar surface area (TPSA) is 18.5 Å². The average Bonchev–Trinajstić information content (AvgIpc) is 3.03. The van der Waals surface area contributed by atoms with Crippen LogP contribution in [0.4, 0.5) is 0 Å². The van der Waals surface area contributed by atoms with Crippen molar-refractivity contribution in [2.24, 2.45) is 0 Å². The predicted molar refractivity (Wildman–Crippen MR) is 147 cm³/mol. The molecule has 0 saturated heterocycles. The van der Waals surface area contributed by atoms with Gasteiger partial charge in [0.25, 0.3) is 0 Å². The van der Waals surface area contributed by atoms with E-state index in [1.54, 1.807) is 11.3 Å². The summed E-state index contributed by atoms with van der Waals surface area (Å²) in [4.78, 5) is 2.49. The summed E-state index contributed by atoms with van der Waals surface area (Å²) in [6.45, 7) is 21.6. The fraction of sp³-hybridized carbons (Fsp3) is 0.448. The molecule has 0 atom stereocenters. The zero-order valence-electron chi connectivity index (χ0n) is 21.9. The van der Waals surface area contributed by atoms with Crippen molar-refractivity contribution in [1.82, 2.24) is 0 Å². The SMILES string of the molecule is Cc1cc(C(c2cc(C)cc(C(C)(C)C)c2OCl)c2sc(C)cc2C)c(OCl)c(C(C)(C)C)c1. The second kappa shape index (κ2) is 9.76. The van der Waals surface area contributed by atoms with Crippen molar-refractivity contribution in [3.8, 4) is 11.5 Å². The van der Waals surface area contributed by atoms with E-state index in [0.29, 0.717) is 11.5 Å². The van der Waals surface area contributed by atoms with Crippen LogP contribution in [-0.4, -0.2) is 0 Å². The summed E-state index contributed by atoms with van der Waals surface area (Å²) in [6.07, 6.45) is 0. The molecule has 2 aromatic carbocycles. The summed E-state index contributed by atoms with van der Waals surface area (Å²) >= 11 is 14.2. The summed E-state index contributed by atoms with van der Waals surface area (Å²) in [6, 6.07) is 10.9. The van der Waals surface area contributed by atoms with Crippen LogP contribution >= 0.6 is 35.1 Å². The monoisotopic (exact) mass is 518 g/mol. The van der Waals surface area contributed by atoms with Gasteiger partial charge in [-0.2, -0.15) is 0 Å². The molecule has 0 spiro atoms. The Balaban J connectivity index is 2.51. The van der Waals surface area contributed by atoms with E-state index in [2.05, 4.69) is 99.6 Å². The number of aryl methyl sites for hydroxylation is 4. The highest BCUT2D eigenvalue weighted by Gasteiger charge is 2.33. The van der Waals surface area contributed by atoms with Gasteiger partial charge in [-0.25, -0.2) is 0 Å². The lowest BCUT2D eigenvalue weighted by Gasteiger charge is -2.30. The molecule has 0 N–H and O–H groups in total. The highest BCUT2D eigenvalue weighted by molar-refractivity contribution is 7.12. The van der Waals surface area contributed by atoms with Crippen LogP contribution in [0.15, 0.2) is 30.3 Å². The number of hydrogen-bond acceptors (Lipinski definition) is 3. The van der Waals surface area contributed by atoms with Gasteiger partial charge in [0.15, 0.2) is 11.5 Å². The molecule has 0 radical (unpaired) electrons. The highest BCUT2D eigenvalue weighted by atomic mass is 35.5. The molecule has 34 heavy (non-hydrogen) atoms. The molecule has 5 heteroatoms. The molecule has 3 aromatic rings. The van der Waals surface area contributed by atoms with Crippen LogP contribution in [0, 0.1) is 27.7 Å². The van der Waals surface area contributed by atoms with E-state index < -0.39 is 0 Å². The first kappa shape index (κ1) is 26.9. The maximum atomic E-state index is 6.21. The quantitative estimate of drug-likeness (QED) is 0.334. The first-order valence-electron chi connectivity index (χ1n) is 11.6. The van der Waals surface area contributed by atoms with Crippen molar-refractivity contribution >= 4 is 35.1 Å². The number of halogens is 2. The van der Waals surface area contributed by atoms with E-state index >= 15 is 0 Å². The maximum absolute atomic E-state index is 6.21. The van der Waals surface area contributed by atoms with E-state index in [-0.39, 0.29) is 16.7 Å². The number of benzene rings is 2. The lowest BCUT2D eigenvalue weighted by Crippen LogP contribution is -2.17. The van der Waals surface area contributed by atoms with Gasteiger partial charge in [-0.05, 0) is 50.2 Å². The minimum Gasteiger partial charge on any atom is -0.385 e. The standard InChI is InChI=1S/C29H36Cl2O2S/c1-16-11-20(25(32-30)22(13-16)28(5,6)7)24(27-18(3)15-19(4)34-27)21-12-17(2)14-23(26(21)33-31)29(8,9)10/h11-15,24H,1-10H3. The van der Waals surface area contributed by atoms with E-state index in [4.69, 9.17) is 32.3 Å². The first-order chi connectivity index (χ1) is 15.7. The van der Waals surface area contributed by atoms with Gasteiger partial charge in [0.1, 0.15) is 23.7 Å². The minimum absolute atomic E-state index is 0.148. The van der Waals surface area contributed by atoms with Crippen LogP contribution in [-0.2, 0) is 10.8 Å². The smallest absolute Gasteiger partial charge is 0.154 e. The predicted octanol–water partition coefficient (Wildman–Crippen LogP) is 9.82. The second-order valence-electron chi connectivity index (χ2n) is 11.5. The molecule has 0 bridgehead atoms. The summed E-state index contributed by atoms with van der Waals surface area (Å²) in [5, 5.41) is 0. The zero-order chi connectivity index (χ0) is 25.6. The first-order valence-corrected chi connectivity index (χ1v) is 13.1. The second-order valence-corrected chi connectivity index (χ2v) is 13.0. The van der Waals surface area contributed by atoms with Crippen LogP contribution in [0.5, 0.6) is 11.5 Å². The lowest BCUT2D eigenvalue weighted by atomic mass is 9.77. The summed E-state index contributed by atoms with van der Waals surface area (Å²) in [5.41, 5.74) is 7.43. The van der Waals surface area contributed by atoms with Gasteiger partial charge in [0, 0.05) is 32.0 Å². The van der Waals surface area contributed by atoms with Crippen molar-refractivity contribution in [3.63, 3.8) is 0 Å². The van der Waals surface area contributed by atoms with Gasteiger partial charge in [0.2, 0.25) is 0 Å². The van der Waals surface area contributed by atoms with Gasteiger partial charge in [0.05, 0.1) is 5.92 Å². The molecule has 0 unspecified atom stereocenters. The summed E-state index contributed by atoms with van der Waals surface area (Å²) in [7, 11) is 0. The Kier molecular flexibility index (Phi) is 7.73. The lowest BCUT2D eigenvalue weighted by molar-refractivity contribution is 0.522. The highest BCUT2D eigenvalue weighted by Crippen LogP contribution is 2.50.